The van der Waals surface area contributed by atoms with E-state index < -0.39 is 0 Å². The number of hydrogen-bond acceptors (Lipinski definition) is 1. The summed E-state index contributed by atoms with van der Waals surface area (Å²) < 4.78 is 0. The molecule has 0 spiro atoms. The SMILES string of the molecule is C=CC(=O)N1Cc2ccc(-c3ccccc3)cc2[C@H](c2ccccc2)C1. The van der Waals surface area contributed by atoms with Gasteiger partial charge in [0.05, 0.1) is 0 Å². The number of hydrogen-bond donors (Lipinski definition) is 0. The largest absolute Gasteiger partial charge is 0.334 e. The second-order valence-electron chi connectivity index (χ2n) is 6.67. The van der Waals surface area contributed by atoms with Crippen LogP contribution in [0.15, 0.2) is 91.5 Å². The average molecular weight is 339 g/mol. The van der Waals surface area contributed by atoms with Gasteiger partial charge in [-0.2, -0.15) is 0 Å². The average Bonchev–Trinajstić information content (AvgIpc) is 2.73. The van der Waals surface area contributed by atoms with Gasteiger partial charge in [-0.1, -0.05) is 85.4 Å². The lowest BCUT2D eigenvalue weighted by atomic mass is 9.83. The third kappa shape index (κ3) is 3.06. The first-order valence-corrected chi connectivity index (χ1v) is 8.91. The Labute approximate surface area is 154 Å². The molecule has 2 nitrogen and oxygen atoms in total. The van der Waals surface area contributed by atoms with Gasteiger partial charge >= 0.3 is 0 Å². The third-order valence-corrected chi connectivity index (χ3v) is 5.08. The van der Waals surface area contributed by atoms with Crippen molar-refractivity contribution in [1.82, 2.24) is 4.90 Å². The minimum Gasteiger partial charge on any atom is -0.334 e. The van der Waals surface area contributed by atoms with Gasteiger partial charge in [-0.25, -0.2) is 0 Å². The molecule has 2 heteroatoms. The van der Waals surface area contributed by atoms with Gasteiger partial charge in [0.1, 0.15) is 0 Å². The zero-order valence-electron chi connectivity index (χ0n) is 14.6. The van der Waals surface area contributed by atoms with Crippen LogP contribution in [-0.2, 0) is 11.3 Å². The van der Waals surface area contributed by atoms with E-state index >= 15 is 0 Å². The molecule has 0 radical (unpaired) electrons. The Morgan fingerprint density at radius 2 is 1.62 bits per heavy atom. The number of fused-ring (bicyclic) bond motifs is 1. The minimum atomic E-state index is -0.0104. The quantitative estimate of drug-likeness (QED) is 0.614. The topological polar surface area (TPSA) is 20.3 Å². The molecule has 1 atom stereocenters. The molecule has 3 aromatic rings. The molecule has 0 unspecified atom stereocenters. The molecule has 128 valence electrons. The number of carbonyl (C=O) groups is 1. The number of benzene rings is 3. The van der Waals surface area contributed by atoms with Gasteiger partial charge in [0.2, 0.25) is 5.91 Å². The molecule has 26 heavy (non-hydrogen) atoms. The molecule has 0 N–H and O–H groups in total. The second-order valence-corrected chi connectivity index (χ2v) is 6.67. The van der Waals surface area contributed by atoms with Crippen LogP contribution in [-0.4, -0.2) is 17.4 Å². The molecule has 3 aromatic carbocycles. The van der Waals surface area contributed by atoms with Gasteiger partial charge in [0.25, 0.3) is 0 Å². The Kier molecular flexibility index (Phi) is 4.40. The summed E-state index contributed by atoms with van der Waals surface area (Å²) in [5.41, 5.74) is 6.19. The molecule has 1 amide bonds. The van der Waals surface area contributed by atoms with Gasteiger partial charge in [-0.05, 0) is 33.9 Å². The first-order chi connectivity index (χ1) is 12.8. The summed E-state index contributed by atoms with van der Waals surface area (Å²) in [6.45, 7) is 4.97. The van der Waals surface area contributed by atoms with Crippen molar-refractivity contribution in [2.45, 2.75) is 12.5 Å². The van der Waals surface area contributed by atoms with Crippen molar-refractivity contribution in [2.24, 2.45) is 0 Å². The molecule has 0 aromatic heterocycles. The highest BCUT2D eigenvalue weighted by molar-refractivity contribution is 5.87. The van der Waals surface area contributed by atoms with Crippen LogP contribution in [0.1, 0.15) is 22.6 Å². The molecular formula is C24H21NO. The standard InChI is InChI=1S/C24H21NO/c1-2-24(26)25-16-21-14-13-20(18-9-5-3-6-10-18)15-22(21)23(17-25)19-11-7-4-8-12-19/h2-15,23H,1,16-17H2/t23-/m0/s1. The Hall–Kier alpha value is -3.13. The predicted octanol–water partition coefficient (Wildman–Crippen LogP) is 5.01. The summed E-state index contributed by atoms with van der Waals surface area (Å²) in [6, 6.07) is 27.5. The molecule has 4 rings (SSSR count). The Morgan fingerprint density at radius 3 is 2.31 bits per heavy atom. The molecule has 0 saturated carbocycles. The Bertz CT molecular complexity index is 931. The van der Waals surface area contributed by atoms with Crippen LogP contribution in [0.25, 0.3) is 11.1 Å². The number of rotatable bonds is 3. The van der Waals surface area contributed by atoms with E-state index in [4.69, 9.17) is 0 Å². The maximum absolute atomic E-state index is 12.2. The highest BCUT2D eigenvalue weighted by Gasteiger charge is 2.28. The monoisotopic (exact) mass is 339 g/mol. The van der Waals surface area contributed by atoms with E-state index in [-0.39, 0.29) is 11.8 Å². The van der Waals surface area contributed by atoms with Crippen LogP contribution in [0.2, 0.25) is 0 Å². The fourth-order valence-corrected chi connectivity index (χ4v) is 3.73. The number of amides is 1. The molecule has 0 fully saturated rings. The normalized spacial score (nSPS) is 16.0. The van der Waals surface area contributed by atoms with Crippen molar-refractivity contribution in [2.75, 3.05) is 6.54 Å². The number of carbonyl (C=O) groups excluding carboxylic acids is 1. The van der Waals surface area contributed by atoms with E-state index in [0.29, 0.717) is 13.1 Å². The van der Waals surface area contributed by atoms with Gasteiger partial charge < -0.3 is 4.90 Å². The maximum Gasteiger partial charge on any atom is 0.246 e. The molecule has 1 aliphatic heterocycles. The van der Waals surface area contributed by atoms with E-state index in [1.165, 1.54) is 33.9 Å². The van der Waals surface area contributed by atoms with Gasteiger partial charge in [0.15, 0.2) is 0 Å². The van der Waals surface area contributed by atoms with Crippen molar-refractivity contribution in [3.63, 3.8) is 0 Å². The summed E-state index contributed by atoms with van der Waals surface area (Å²) in [6.07, 6.45) is 1.41. The lowest BCUT2D eigenvalue weighted by molar-refractivity contribution is -0.127. The van der Waals surface area contributed by atoms with Crippen molar-refractivity contribution in [3.8, 4) is 11.1 Å². The van der Waals surface area contributed by atoms with Crippen LogP contribution in [0.5, 0.6) is 0 Å². The van der Waals surface area contributed by atoms with E-state index in [9.17, 15) is 4.79 Å². The maximum atomic E-state index is 12.2. The third-order valence-electron chi connectivity index (χ3n) is 5.08. The zero-order valence-corrected chi connectivity index (χ0v) is 14.6. The lowest BCUT2D eigenvalue weighted by Gasteiger charge is -2.35. The lowest BCUT2D eigenvalue weighted by Crippen LogP contribution is -2.37. The fourth-order valence-electron chi connectivity index (χ4n) is 3.73. The Morgan fingerprint density at radius 1 is 0.923 bits per heavy atom. The first kappa shape index (κ1) is 16.3. The van der Waals surface area contributed by atoms with E-state index in [2.05, 4.69) is 73.3 Å². The number of nitrogens with zero attached hydrogens (tertiary/aromatic N) is 1. The van der Waals surface area contributed by atoms with Crippen molar-refractivity contribution in [1.29, 1.82) is 0 Å². The van der Waals surface area contributed by atoms with Crippen LogP contribution in [0.3, 0.4) is 0 Å². The predicted molar refractivity (Wildman–Crippen MR) is 106 cm³/mol. The minimum absolute atomic E-state index is 0.0104. The van der Waals surface area contributed by atoms with Crippen molar-refractivity contribution >= 4 is 5.91 Å². The molecule has 0 aliphatic carbocycles. The summed E-state index contributed by atoms with van der Waals surface area (Å²) in [7, 11) is 0. The van der Waals surface area contributed by atoms with Crippen LogP contribution < -0.4 is 0 Å². The smallest absolute Gasteiger partial charge is 0.246 e. The van der Waals surface area contributed by atoms with E-state index in [1.807, 2.05) is 17.0 Å². The van der Waals surface area contributed by atoms with Crippen molar-refractivity contribution in [3.05, 3.63) is 108 Å². The van der Waals surface area contributed by atoms with Gasteiger partial charge in [0, 0.05) is 19.0 Å². The molecule has 1 aliphatic rings. The van der Waals surface area contributed by atoms with Crippen LogP contribution in [0.4, 0.5) is 0 Å². The van der Waals surface area contributed by atoms with E-state index in [1.54, 1.807) is 0 Å². The summed E-state index contributed by atoms with van der Waals surface area (Å²) in [5.74, 6) is 0.163. The Balaban J connectivity index is 1.81. The van der Waals surface area contributed by atoms with Crippen LogP contribution >= 0.6 is 0 Å². The zero-order chi connectivity index (χ0) is 17.9. The van der Waals surface area contributed by atoms with Crippen LogP contribution in [0, 0.1) is 0 Å². The fraction of sp³-hybridized carbons (Fsp3) is 0.125. The summed E-state index contributed by atoms with van der Waals surface area (Å²) >= 11 is 0. The van der Waals surface area contributed by atoms with Gasteiger partial charge in [-0.3, -0.25) is 4.79 Å². The molecular weight excluding hydrogens is 318 g/mol. The summed E-state index contributed by atoms with van der Waals surface area (Å²) in [4.78, 5) is 14.1. The summed E-state index contributed by atoms with van der Waals surface area (Å²) in [5, 5.41) is 0. The molecule has 0 saturated heterocycles. The highest BCUT2D eigenvalue weighted by Crippen LogP contribution is 2.36. The second kappa shape index (κ2) is 7.01. The molecule has 0 bridgehead atoms. The van der Waals surface area contributed by atoms with E-state index in [0.717, 1.165) is 0 Å². The van der Waals surface area contributed by atoms with Crippen molar-refractivity contribution < 1.29 is 4.79 Å². The first-order valence-electron chi connectivity index (χ1n) is 8.91. The highest BCUT2D eigenvalue weighted by atomic mass is 16.2. The van der Waals surface area contributed by atoms with Gasteiger partial charge in [-0.15, -0.1) is 0 Å². The molecule has 1 heterocycles.